The highest BCUT2D eigenvalue weighted by atomic mass is 16.5. The van der Waals surface area contributed by atoms with Crippen LogP contribution in [0.25, 0.3) is 0 Å². The summed E-state index contributed by atoms with van der Waals surface area (Å²) in [6.45, 7) is 18.8. The smallest absolute Gasteiger partial charge is 0.323 e. The van der Waals surface area contributed by atoms with Crippen molar-refractivity contribution in [2.24, 2.45) is 5.41 Å². The van der Waals surface area contributed by atoms with Gasteiger partial charge in [0, 0.05) is 24.7 Å². The molecule has 0 heterocycles. The summed E-state index contributed by atoms with van der Waals surface area (Å²) in [6, 6.07) is -1.54. The average Bonchev–Trinajstić information content (AvgIpc) is 2.86. The Bertz CT molecular complexity index is 818. The number of nitrogens with zero attached hydrogens (tertiary/aromatic N) is 2. The maximum atomic E-state index is 13.1. The predicted octanol–water partition coefficient (Wildman–Crippen LogP) is 4.13. The lowest BCUT2D eigenvalue weighted by Gasteiger charge is -2.49. The van der Waals surface area contributed by atoms with Crippen LogP contribution >= 0.6 is 0 Å². The molecule has 1 aliphatic rings. The summed E-state index contributed by atoms with van der Waals surface area (Å²) < 4.78 is 21.1. The summed E-state index contributed by atoms with van der Waals surface area (Å²) in [7, 11) is 0. The van der Waals surface area contributed by atoms with E-state index in [0.717, 1.165) is 25.7 Å². The van der Waals surface area contributed by atoms with Gasteiger partial charge in [0.2, 0.25) is 0 Å². The number of ether oxygens (including phenoxy) is 4. The van der Waals surface area contributed by atoms with Crippen LogP contribution in [0, 0.1) is 5.41 Å². The van der Waals surface area contributed by atoms with Crippen LogP contribution in [0.1, 0.15) is 101 Å². The van der Waals surface area contributed by atoms with Gasteiger partial charge in [0.25, 0.3) is 0 Å². The fourth-order valence-corrected chi connectivity index (χ4v) is 5.94. The summed E-state index contributed by atoms with van der Waals surface area (Å²) >= 11 is 0. The van der Waals surface area contributed by atoms with E-state index in [1.165, 1.54) is 0 Å². The van der Waals surface area contributed by atoms with Gasteiger partial charge in [-0.05, 0) is 80.1 Å². The van der Waals surface area contributed by atoms with Crippen molar-refractivity contribution in [1.29, 1.82) is 0 Å². The Morgan fingerprint density at radius 2 is 1.23 bits per heavy atom. The molecule has 0 aromatic rings. The predicted molar refractivity (Wildman–Crippen MR) is 153 cm³/mol. The third-order valence-corrected chi connectivity index (χ3v) is 7.50. The maximum Gasteiger partial charge on any atom is 0.323 e. The maximum absolute atomic E-state index is 13.1. The molecule has 1 saturated carbocycles. The Hall–Kier alpha value is -2.20. The molecule has 1 fully saturated rings. The molecule has 0 radical (unpaired) electrons. The van der Waals surface area contributed by atoms with Crippen molar-refractivity contribution >= 4 is 23.9 Å². The molecule has 0 saturated heterocycles. The van der Waals surface area contributed by atoms with E-state index in [9.17, 15) is 19.2 Å². The van der Waals surface area contributed by atoms with Gasteiger partial charge in [-0.15, -0.1) is 0 Å². The van der Waals surface area contributed by atoms with Gasteiger partial charge in [-0.25, -0.2) is 0 Å². The van der Waals surface area contributed by atoms with E-state index in [0.29, 0.717) is 6.54 Å². The Balaban J connectivity index is 3.32. The fraction of sp³-hybridized carbons (Fsp3) is 0.867. The molecule has 0 spiro atoms. The van der Waals surface area contributed by atoms with Crippen LogP contribution in [0.4, 0.5) is 0 Å². The monoisotopic (exact) mass is 570 g/mol. The number of hydrogen-bond acceptors (Lipinski definition) is 10. The zero-order chi connectivity index (χ0) is 30.5. The van der Waals surface area contributed by atoms with E-state index < -0.39 is 36.0 Å². The van der Waals surface area contributed by atoms with Crippen molar-refractivity contribution in [3.05, 3.63) is 0 Å². The van der Waals surface area contributed by atoms with Crippen LogP contribution in [0.15, 0.2) is 0 Å². The van der Waals surface area contributed by atoms with E-state index in [-0.39, 0.29) is 62.8 Å². The molecule has 1 rings (SSSR count). The first-order valence-electron chi connectivity index (χ1n) is 15.0. The highest BCUT2D eigenvalue weighted by molar-refractivity contribution is 5.83. The molecule has 0 aliphatic heterocycles. The minimum absolute atomic E-state index is 0.0164. The van der Waals surface area contributed by atoms with Crippen LogP contribution in [0.5, 0.6) is 0 Å². The molecule has 232 valence electrons. The van der Waals surface area contributed by atoms with E-state index in [1.807, 2.05) is 27.7 Å². The number of carbonyl (C=O) groups excluding carboxylic acids is 4. The van der Waals surface area contributed by atoms with Crippen LogP contribution < -0.4 is 0 Å². The standard InChI is InChI=1S/C30H54N2O8/c1-10-37-26(33)17-24(28(35)39-12-3)31(21(5)6)20-30(9)16-14-15-23(19-30)32(22(7)8)25(29(36)40-13-4)18-27(34)38-11-2/h21-25H,10-20H2,1-9H3. The van der Waals surface area contributed by atoms with E-state index in [4.69, 9.17) is 18.9 Å². The highest BCUT2D eigenvalue weighted by Crippen LogP contribution is 2.41. The summed E-state index contributed by atoms with van der Waals surface area (Å²) in [5.74, 6) is -1.70. The lowest BCUT2D eigenvalue weighted by molar-refractivity contribution is -0.160. The zero-order valence-corrected chi connectivity index (χ0v) is 26.3. The lowest BCUT2D eigenvalue weighted by atomic mass is 9.71. The lowest BCUT2D eigenvalue weighted by Crippen LogP contribution is -2.57. The summed E-state index contributed by atoms with van der Waals surface area (Å²) in [4.78, 5) is 55.3. The van der Waals surface area contributed by atoms with Gasteiger partial charge in [0.05, 0.1) is 39.3 Å². The molecule has 0 N–H and O–H groups in total. The zero-order valence-electron chi connectivity index (χ0n) is 26.3. The second kappa shape index (κ2) is 17.6. The molecule has 40 heavy (non-hydrogen) atoms. The molecule has 4 atom stereocenters. The van der Waals surface area contributed by atoms with Crippen LogP contribution in [0.3, 0.4) is 0 Å². The van der Waals surface area contributed by atoms with Gasteiger partial charge < -0.3 is 18.9 Å². The Kier molecular flexibility index (Phi) is 15.7. The average molecular weight is 571 g/mol. The minimum atomic E-state index is -0.756. The quantitative estimate of drug-likeness (QED) is 0.187. The van der Waals surface area contributed by atoms with Crippen molar-refractivity contribution in [2.45, 2.75) is 131 Å². The summed E-state index contributed by atoms with van der Waals surface area (Å²) in [6.07, 6.45) is 3.33. The number of carbonyl (C=O) groups is 4. The third-order valence-electron chi connectivity index (χ3n) is 7.50. The van der Waals surface area contributed by atoms with Crippen molar-refractivity contribution in [2.75, 3.05) is 33.0 Å². The Labute approximate surface area is 241 Å². The molecule has 10 heteroatoms. The first-order valence-corrected chi connectivity index (χ1v) is 15.0. The molecule has 10 nitrogen and oxygen atoms in total. The van der Waals surface area contributed by atoms with Crippen LogP contribution in [-0.2, 0) is 38.1 Å². The molecular weight excluding hydrogens is 516 g/mol. The van der Waals surface area contributed by atoms with Gasteiger partial charge in [-0.2, -0.15) is 0 Å². The number of hydrogen-bond donors (Lipinski definition) is 0. The molecule has 4 unspecified atom stereocenters. The molecule has 0 bridgehead atoms. The van der Waals surface area contributed by atoms with Gasteiger partial charge in [0.15, 0.2) is 0 Å². The number of rotatable bonds is 17. The van der Waals surface area contributed by atoms with E-state index in [1.54, 1.807) is 27.7 Å². The highest BCUT2D eigenvalue weighted by Gasteiger charge is 2.44. The minimum Gasteiger partial charge on any atom is -0.466 e. The topological polar surface area (TPSA) is 112 Å². The fourth-order valence-electron chi connectivity index (χ4n) is 5.94. The first kappa shape index (κ1) is 35.8. The normalized spacial score (nSPS) is 20.9. The van der Waals surface area contributed by atoms with Crippen molar-refractivity contribution in [1.82, 2.24) is 9.80 Å². The van der Waals surface area contributed by atoms with Crippen molar-refractivity contribution in [3.63, 3.8) is 0 Å². The summed E-state index contributed by atoms with van der Waals surface area (Å²) in [5, 5.41) is 0. The second-order valence-corrected chi connectivity index (χ2v) is 11.4. The van der Waals surface area contributed by atoms with E-state index in [2.05, 4.69) is 16.7 Å². The first-order chi connectivity index (χ1) is 18.8. The molecule has 0 amide bonds. The van der Waals surface area contributed by atoms with Crippen LogP contribution in [-0.4, -0.2) is 96.9 Å². The molecule has 1 aliphatic carbocycles. The van der Waals surface area contributed by atoms with Gasteiger partial charge >= 0.3 is 23.9 Å². The number of esters is 4. The van der Waals surface area contributed by atoms with Gasteiger partial charge in [-0.1, -0.05) is 13.3 Å². The van der Waals surface area contributed by atoms with E-state index >= 15 is 0 Å². The Morgan fingerprint density at radius 3 is 1.68 bits per heavy atom. The third kappa shape index (κ3) is 11.0. The van der Waals surface area contributed by atoms with Gasteiger partial charge in [-0.3, -0.25) is 29.0 Å². The van der Waals surface area contributed by atoms with Gasteiger partial charge in [0.1, 0.15) is 12.1 Å². The van der Waals surface area contributed by atoms with Crippen molar-refractivity contribution in [3.8, 4) is 0 Å². The SMILES string of the molecule is CCOC(=O)CC(C(=O)OCC)N(CC1(C)CCCC(N(C(C)C)C(CC(=O)OCC)C(=O)OCC)C1)C(C)C. The molecule has 0 aromatic carbocycles. The molecular formula is C30H54N2O8. The van der Waals surface area contributed by atoms with Crippen LogP contribution in [0.2, 0.25) is 0 Å². The second-order valence-electron chi connectivity index (χ2n) is 11.4. The summed E-state index contributed by atoms with van der Waals surface area (Å²) in [5.41, 5.74) is -0.219. The Morgan fingerprint density at radius 1 is 0.750 bits per heavy atom. The van der Waals surface area contributed by atoms with Crippen molar-refractivity contribution < 1.29 is 38.1 Å². The molecule has 0 aromatic heterocycles. The largest absolute Gasteiger partial charge is 0.466 e.